The number of ether oxygens (including phenoxy) is 3. The SMILES string of the molecule is COc1cc(-n2c(C)nc3cc(C(=O)N[C@@H]4CCC[C@@H](C)[C@@H]4C)ccc32)cc(OC)c1OC. The van der Waals surface area contributed by atoms with Crippen molar-refractivity contribution in [1.29, 1.82) is 0 Å². The van der Waals surface area contributed by atoms with Crippen molar-refractivity contribution in [3.05, 3.63) is 41.7 Å². The Balaban J connectivity index is 1.68. The lowest BCUT2D eigenvalue weighted by Crippen LogP contribution is -2.43. The van der Waals surface area contributed by atoms with E-state index in [1.807, 2.05) is 41.8 Å². The van der Waals surface area contributed by atoms with Crippen LogP contribution in [0.5, 0.6) is 17.2 Å². The molecule has 0 bridgehead atoms. The van der Waals surface area contributed by atoms with Crippen LogP contribution in [-0.4, -0.2) is 42.8 Å². The summed E-state index contributed by atoms with van der Waals surface area (Å²) in [5, 5.41) is 3.26. The Morgan fingerprint density at radius 3 is 2.36 bits per heavy atom. The van der Waals surface area contributed by atoms with Crippen molar-refractivity contribution >= 4 is 16.9 Å². The van der Waals surface area contributed by atoms with Gasteiger partial charge >= 0.3 is 0 Å². The number of methoxy groups -OCH3 is 3. The van der Waals surface area contributed by atoms with Gasteiger partial charge < -0.3 is 19.5 Å². The van der Waals surface area contributed by atoms with Crippen LogP contribution in [-0.2, 0) is 0 Å². The molecule has 1 saturated carbocycles. The molecular formula is C26H33N3O4. The Morgan fingerprint density at radius 2 is 1.73 bits per heavy atom. The number of carbonyl (C=O) groups excluding carboxylic acids is 1. The van der Waals surface area contributed by atoms with E-state index >= 15 is 0 Å². The van der Waals surface area contributed by atoms with E-state index in [0.717, 1.165) is 35.4 Å². The molecule has 1 aromatic heterocycles. The molecule has 0 radical (unpaired) electrons. The predicted molar refractivity (Wildman–Crippen MR) is 129 cm³/mol. The maximum absolute atomic E-state index is 13.0. The van der Waals surface area contributed by atoms with Gasteiger partial charge in [0, 0.05) is 23.7 Å². The normalized spacial score (nSPS) is 20.5. The van der Waals surface area contributed by atoms with Crippen LogP contribution in [0, 0.1) is 18.8 Å². The van der Waals surface area contributed by atoms with Gasteiger partial charge in [0.1, 0.15) is 5.82 Å². The van der Waals surface area contributed by atoms with Crippen LogP contribution in [0.3, 0.4) is 0 Å². The minimum atomic E-state index is -0.0390. The van der Waals surface area contributed by atoms with Crippen LogP contribution in [0.2, 0.25) is 0 Å². The van der Waals surface area contributed by atoms with Crippen LogP contribution in [0.25, 0.3) is 16.7 Å². The summed E-state index contributed by atoms with van der Waals surface area (Å²) in [4.78, 5) is 17.7. The molecule has 1 heterocycles. The Labute approximate surface area is 195 Å². The highest BCUT2D eigenvalue weighted by molar-refractivity contribution is 5.97. The van der Waals surface area contributed by atoms with Gasteiger partial charge in [-0.1, -0.05) is 26.7 Å². The van der Waals surface area contributed by atoms with Crippen molar-refractivity contribution in [3.63, 3.8) is 0 Å². The summed E-state index contributed by atoms with van der Waals surface area (Å²) in [6, 6.07) is 9.67. The maximum atomic E-state index is 13.0. The van der Waals surface area contributed by atoms with Crippen LogP contribution < -0.4 is 19.5 Å². The molecule has 1 amide bonds. The van der Waals surface area contributed by atoms with Gasteiger partial charge in [-0.15, -0.1) is 0 Å². The lowest BCUT2D eigenvalue weighted by Gasteiger charge is -2.34. The van der Waals surface area contributed by atoms with Crippen LogP contribution >= 0.6 is 0 Å². The molecule has 3 aromatic rings. The first-order valence-corrected chi connectivity index (χ1v) is 11.5. The number of amides is 1. The third-order valence-electron chi connectivity index (χ3n) is 7.02. The van der Waals surface area contributed by atoms with Crippen LogP contribution in [0.15, 0.2) is 30.3 Å². The largest absolute Gasteiger partial charge is 0.493 e. The van der Waals surface area contributed by atoms with E-state index in [9.17, 15) is 4.79 Å². The lowest BCUT2D eigenvalue weighted by atomic mass is 9.78. The van der Waals surface area contributed by atoms with Crippen LogP contribution in [0.4, 0.5) is 0 Å². The zero-order valence-corrected chi connectivity index (χ0v) is 20.3. The van der Waals surface area contributed by atoms with Crippen molar-refractivity contribution < 1.29 is 19.0 Å². The summed E-state index contributed by atoms with van der Waals surface area (Å²) in [5.41, 5.74) is 3.13. The van der Waals surface area contributed by atoms with Gasteiger partial charge in [-0.25, -0.2) is 4.98 Å². The first-order valence-electron chi connectivity index (χ1n) is 11.5. The van der Waals surface area contributed by atoms with Gasteiger partial charge in [-0.05, 0) is 43.4 Å². The molecule has 1 fully saturated rings. The van der Waals surface area contributed by atoms with E-state index in [2.05, 4.69) is 19.2 Å². The van der Waals surface area contributed by atoms with Gasteiger partial charge in [-0.2, -0.15) is 0 Å². The van der Waals surface area contributed by atoms with Crippen molar-refractivity contribution in [3.8, 4) is 22.9 Å². The van der Waals surface area contributed by atoms with Crippen LogP contribution in [0.1, 0.15) is 49.3 Å². The predicted octanol–water partition coefficient (Wildman–Crippen LogP) is 4.91. The molecule has 0 spiro atoms. The van der Waals surface area contributed by atoms with E-state index < -0.39 is 0 Å². The average Bonchev–Trinajstić information content (AvgIpc) is 3.15. The second kappa shape index (κ2) is 9.33. The highest BCUT2D eigenvalue weighted by Gasteiger charge is 2.28. The molecule has 33 heavy (non-hydrogen) atoms. The van der Waals surface area contributed by atoms with E-state index in [4.69, 9.17) is 19.2 Å². The van der Waals surface area contributed by atoms with Crippen molar-refractivity contribution in [2.75, 3.05) is 21.3 Å². The minimum Gasteiger partial charge on any atom is -0.493 e. The summed E-state index contributed by atoms with van der Waals surface area (Å²) < 4.78 is 18.5. The standard InChI is InChI=1S/C26H33N3O4/c1-15-8-7-9-20(16(15)2)28-26(30)18-10-11-22-21(12-18)27-17(3)29(22)19-13-23(31-4)25(33-6)24(14-19)32-5/h10-16,20H,7-9H2,1-6H3,(H,28,30)/t15-,16+,20-/m1/s1. The molecule has 0 saturated heterocycles. The zero-order valence-electron chi connectivity index (χ0n) is 20.3. The number of rotatable bonds is 6. The number of fused-ring (bicyclic) bond motifs is 1. The van der Waals surface area contributed by atoms with E-state index in [0.29, 0.717) is 34.6 Å². The Bertz CT molecular complexity index is 1140. The third kappa shape index (κ3) is 4.24. The first-order chi connectivity index (χ1) is 15.9. The third-order valence-corrected chi connectivity index (χ3v) is 7.02. The first kappa shape index (κ1) is 23.0. The number of benzene rings is 2. The highest BCUT2D eigenvalue weighted by Crippen LogP contribution is 2.40. The molecular weight excluding hydrogens is 418 g/mol. The number of carbonyl (C=O) groups is 1. The number of imidazole rings is 1. The van der Waals surface area contributed by atoms with Gasteiger partial charge in [0.15, 0.2) is 11.5 Å². The summed E-state index contributed by atoms with van der Waals surface area (Å²) in [7, 11) is 4.77. The molecule has 2 aromatic carbocycles. The molecule has 4 rings (SSSR count). The van der Waals surface area contributed by atoms with Gasteiger partial charge in [-0.3, -0.25) is 9.36 Å². The molecule has 0 aliphatic heterocycles. The number of nitrogens with zero attached hydrogens (tertiary/aromatic N) is 2. The number of aromatic nitrogens is 2. The Morgan fingerprint density at radius 1 is 1.03 bits per heavy atom. The average molecular weight is 452 g/mol. The van der Waals surface area contributed by atoms with Gasteiger partial charge in [0.25, 0.3) is 5.91 Å². The fraction of sp³-hybridized carbons (Fsp3) is 0.462. The molecule has 1 aliphatic rings. The monoisotopic (exact) mass is 451 g/mol. The van der Waals surface area contributed by atoms with E-state index in [1.165, 1.54) is 6.42 Å². The minimum absolute atomic E-state index is 0.0390. The van der Waals surface area contributed by atoms with E-state index in [1.54, 1.807) is 21.3 Å². The van der Waals surface area contributed by atoms with Gasteiger partial charge in [0.2, 0.25) is 5.75 Å². The molecule has 0 unspecified atom stereocenters. The molecule has 7 nitrogen and oxygen atoms in total. The highest BCUT2D eigenvalue weighted by atomic mass is 16.5. The maximum Gasteiger partial charge on any atom is 0.251 e. The molecule has 3 atom stereocenters. The van der Waals surface area contributed by atoms with Crippen molar-refractivity contribution in [1.82, 2.24) is 14.9 Å². The number of nitrogens with one attached hydrogen (secondary N) is 1. The second-order valence-corrected chi connectivity index (χ2v) is 8.93. The Hall–Kier alpha value is -3.22. The van der Waals surface area contributed by atoms with Crippen molar-refractivity contribution in [2.45, 2.75) is 46.1 Å². The fourth-order valence-corrected chi connectivity index (χ4v) is 4.90. The molecule has 1 N–H and O–H groups in total. The van der Waals surface area contributed by atoms with Gasteiger partial charge in [0.05, 0.1) is 38.1 Å². The lowest BCUT2D eigenvalue weighted by molar-refractivity contribution is 0.0891. The summed E-state index contributed by atoms with van der Waals surface area (Å²) in [6.07, 6.45) is 3.43. The summed E-state index contributed by atoms with van der Waals surface area (Å²) in [6.45, 7) is 6.45. The number of hydrogen-bond acceptors (Lipinski definition) is 5. The number of aryl methyl sites for hydroxylation is 1. The zero-order chi connectivity index (χ0) is 23.7. The summed E-state index contributed by atoms with van der Waals surface area (Å²) >= 11 is 0. The Kier molecular flexibility index (Phi) is 6.49. The second-order valence-electron chi connectivity index (χ2n) is 8.93. The molecule has 1 aliphatic carbocycles. The quantitative estimate of drug-likeness (QED) is 0.576. The molecule has 176 valence electrons. The smallest absolute Gasteiger partial charge is 0.251 e. The number of hydrogen-bond donors (Lipinski definition) is 1. The molecule has 7 heteroatoms. The van der Waals surface area contributed by atoms with Crippen molar-refractivity contribution in [2.24, 2.45) is 11.8 Å². The summed E-state index contributed by atoms with van der Waals surface area (Å²) in [5.74, 6) is 3.54. The fourth-order valence-electron chi connectivity index (χ4n) is 4.90. The van der Waals surface area contributed by atoms with E-state index in [-0.39, 0.29) is 11.9 Å². The topological polar surface area (TPSA) is 74.6 Å².